The van der Waals surface area contributed by atoms with Gasteiger partial charge in [-0.1, -0.05) is 37.3 Å². The Bertz CT molecular complexity index is 641. The van der Waals surface area contributed by atoms with Crippen LogP contribution in [0.15, 0.2) is 36.4 Å². The van der Waals surface area contributed by atoms with E-state index in [4.69, 9.17) is 0 Å². The van der Waals surface area contributed by atoms with Crippen molar-refractivity contribution < 1.29 is 4.79 Å². The average molecular weight is 298 g/mol. The van der Waals surface area contributed by atoms with Crippen LogP contribution in [0.5, 0.6) is 0 Å². The van der Waals surface area contributed by atoms with Gasteiger partial charge in [-0.15, -0.1) is 0 Å². The van der Waals surface area contributed by atoms with Crippen molar-refractivity contribution in [2.45, 2.75) is 46.6 Å². The molecule has 0 bridgehead atoms. The number of nitrogens with zero attached hydrogens (tertiary/aromatic N) is 1. The van der Waals surface area contributed by atoms with Crippen molar-refractivity contribution in [2.24, 2.45) is 0 Å². The topological polar surface area (TPSA) is 34.0 Å². The molecule has 1 aromatic carbocycles. The van der Waals surface area contributed by atoms with Gasteiger partial charge in [0.2, 0.25) is 0 Å². The van der Waals surface area contributed by atoms with Crippen LogP contribution in [0.2, 0.25) is 0 Å². The maximum absolute atomic E-state index is 12.5. The van der Waals surface area contributed by atoms with Gasteiger partial charge in [0.15, 0.2) is 0 Å². The van der Waals surface area contributed by atoms with Gasteiger partial charge in [0.1, 0.15) is 0 Å². The van der Waals surface area contributed by atoms with Crippen molar-refractivity contribution in [1.82, 2.24) is 9.88 Å². The Morgan fingerprint density at radius 2 is 1.77 bits per heavy atom. The number of aryl methyl sites for hydroxylation is 1. The summed E-state index contributed by atoms with van der Waals surface area (Å²) in [4.78, 5) is 12.5. The SMILES string of the molecule is Cc1cc(C(=O)NC[C@@H](C)c2ccccc2)c(C)n1C(C)C. The molecule has 0 aliphatic carbocycles. The average Bonchev–Trinajstić information content (AvgIpc) is 2.80. The quantitative estimate of drug-likeness (QED) is 0.881. The van der Waals surface area contributed by atoms with Crippen molar-refractivity contribution >= 4 is 5.91 Å². The van der Waals surface area contributed by atoms with Crippen molar-refractivity contribution in [2.75, 3.05) is 6.54 Å². The van der Waals surface area contributed by atoms with Crippen LogP contribution in [0.4, 0.5) is 0 Å². The molecule has 22 heavy (non-hydrogen) atoms. The molecule has 3 heteroatoms. The first-order valence-electron chi connectivity index (χ1n) is 7.93. The van der Waals surface area contributed by atoms with E-state index in [2.05, 4.69) is 49.7 Å². The number of amides is 1. The minimum Gasteiger partial charge on any atom is -0.351 e. The molecule has 1 aromatic heterocycles. The van der Waals surface area contributed by atoms with Crippen LogP contribution < -0.4 is 5.32 Å². The summed E-state index contributed by atoms with van der Waals surface area (Å²) in [5.74, 6) is 0.321. The maximum Gasteiger partial charge on any atom is 0.253 e. The number of carbonyl (C=O) groups excluding carboxylic acids is 1. The van der Waals surface area contributed by atoms with Crippen LogP contribution in [0.1, 0.15) is 60.0 Å². The minimum absolute atomic E-state index is 0.0165. The second kappa shape index (κ2) is 6.82. The van der Waals surface area contributed by atoms with E-state index in [0.717, 1.165) is 17.0 Å². The second-order valence-electron chi connectivity index (χ2n) is 6.27. The highest BCUT2D eigenvalue weighted by molar-refractivity contribution is 5.95. The summed E-state index contributed by atoms with van der Waals surface area (Å²) < 4.78 is 2.20. The van der Waals surface area contributed by atoms with Crippen molar-refractivity contribution in [3.8, 4) is 0 Å². The lowest BCUT2D eigenvalue weighted by Gasteiger charge is -2.15. The smallest absolute Gasteiger partial charge is 0.253 e. The highest BCUT2D eigenvalue weighted by atomic mass is 16.1. The van der Waals surface area contributed by atoms with Crippen molar-refractivity contribution in [1.29, 1.82) is 0 Å². The van der Waals surface area contributed by atoms with E-state index >= 15 is 0 Å². The van der Waals surface area contributed by atoms with Crippen LogP contribution >= 0.6 is 0 Å². The van der Waals surface area contributed by atoms with E-state index < -0.39 is 0 Å². The Morgan fingerprint density at radius 1 is 1.14 bits per heavy atom. The first kappa shape index (κ1) is 16.3. The summed E-state index contributed by atoms with van der Waals surface area (Å²) in [6, 6.07) is 12.6. The number of nitrogens with one attached hydrogen (secondary N) is 1. The minimum atomic E-state index is 0.0165. The summed E-state index contributed by atoms with van der Waals surface area (Å²) in [5, 5.41) is 3.07. The molecule has 0 radical (unpaired) electrons. The van der Waals surface area contributed by atoms with Gasteiger partial charge >= 0.3 is 0 Å². The van der Waals surface area contributed by atoms with Crippen molar-refractivity contribution in [3.05, 3.63) is 58.9 Å². The lowest BCUT2D eigenvalue weighted by atomic mass is 10.0. The molecule has 1 amide bonds. The summed E-state index contributed by atoms with van der Waals surface area (Å²) >= 11 is 0. The van der Waals surface area contributed by atoms with E-state index in [0.29, 0.717) is 18.5 Å². The number of hydrogen-bond donors (Lipinski definition) is 1. The monoisotopic (exact) mass is 298 g/mol. The normalized spacial score (nSPS) is 12.5. The first-order chi connectivity index (χ1) is 10.4. The van der Waals surface area contributed by atoms with E-state index in [9.17, 15) is 4.79 Å². The van der Waals surface area contributed by atoms with Gasteiger partial charge in [-0.2, -0.15) is 0 Å². The summed E-state index contributed by atoms with van der Waals surface area (Å²) in [6.07, 6.45) is 0. The first-order valence-corrected chi connectivity index (χ1v) is 7.93. The van der Waals surface area contributed by atoms with Crippen LogP contribution in [0.25, 0.3) is 0 Å². The third-order valence-corrected chi connectivity index (χ3v) is 4.18. The number of aromatic nitrogens is 1. The van der Waals surface area contributed by atoms with Crippen LogP contribution in [0, 0.1) is 13.8 Å². The molecule has 0 saturated carbocycles. The lowest BCUT2D eigenvalue weighted by molar-refractivity contribution is 0.0951. The predicted molar refractivity (Wildman–Crippen MR) is 91.5 cm³/mol. The second-order valence-corrected chi connectivity index (χ2v) is 6.27. The zero-order chi connectivity index (χ0) is 16.3. The lowest BCUT2D eigenvalue weighted by Crippen LogP contribution is -2.28. The van der Waals surface area contributed by atoms with Crippen LogP contribution in [-0.4, -0.2) is 17.0 Å². The zero-order valence-electron chi connectivity index (χ0n) is 14.2. The molecule has 1 atom stereocenters. The number of rotatable bonds is 5. The summed E-state index contributed by atoms with van der Waals surface area (Å²) in [5.41, 5.74) is 4.20. The Balaban J connectivity index is 2.06. The molecule has 0 aliphatic heterocycles. The fourth-order valence-corrected chi connectivity index (χ4v) is 3.04. The zero-order valence-corrected chi connectivity index (χ0v) is 14.2. The molecule has 1 heterocycles. The van der Waals surface area contributed by atoms with Gasteiger partial charge in [-0.3, -0.25) is 4.79 Å². The predicted octanol–water partition coefficient (Wildman–Crippen LogP) is 4.22. The fourth-order valence-electron chi connectivity index (χ4n) is 3.04. The van der Waals surface area contributed by atoms with Crippen LogP contribution in [0.3, 0.4) is 0 Å². The molecule has 0 fully saturated rings. The Labute approximate surface area is 133 Å². The van der Waals surface area contributed by atoms with Gasteiger partial charge in [-0.05, 0) is 45.2 Å². The number of carbonyl (C=O) groups is 1. The fraction of sp³-hybridized carbons (Fsp3) is 0.421. The van der Waals surface area contributed by atoms with E-state index in [1.54, 1.807) is 0 Å². The largest absolute Gasteiger partial charge is 0.351 e. The standard InChI is InChI=1S/C19H26N2O/c1-13(2)21-15(4)11-18(16(21)5)19(22)20-12-14(3)17-9-7-6-8-10-17/h6-11,13-14H,12H2,1-5H3,(H,20,22)/t14-/m1/s1. The van der Waals surface area contributed by atoms with E-state index in [-0.39, 0.29) is 5.91 Å². The van der Waals surface area contributed by atoms with E-state index in [1.807, 2.05) is 31.2 Å². The van der Waals surface area contributed by atoms with Gasteiger partial charge in [0.05, 0.1) is 5.56 Å². The maximum atomic E-state index is 12.5. The van der Waals surface area contributed by atoms with Crippen LogP contribution in [-0.2, 0) is 0 Å². The summed E-state index contributed by atoms with van der Waals surface area (Å²) in [6.45, 7) is 11.1. The van der Waals surface area contributed by atoms with Gasteiger partial charge < -0.3 is 9.88 Å². The molecule has 0 spiro atoms. The molecule has 118 valence electrons. The molecule has 2 aromatic rings. The molecular weight excluding hydrogens is 272 g/mol. The molecule has 3 nitrogen and oxygen atoms in total. The van der Waals surface area contributed by atoms with Gasteiger partial charge in [-0.25, -0.2) is 0 Å². The van der Waals surface area contributed by atoms with E-state index in [1.165, 1.54) is 5.56 Å². The molecule has 0 aliphatic rings. The molecule has 1 N–H and O–H groups in total. The molecular formula is C19H26N2O. The number of benzene rings is 1. The molecule has 0 saturated heterocycles. The third-order valence-electron chi connectivity index (χ3n) is 4.18. The van der Waals surface area contributed by atoms with Crippen molar-refractivity contribution in [3.63, 3.8) is 0 Å². The number of hydrogen-bond acceptors (Lipinski definition) is 1. The molecule has 2 rings (SSSR count). The highest BCUT2D eigenvalue weighted by Gasteiger charge is 2.17. The Morgan fingerprint density at radius 3 is 2.32 bits per heavy atom. The van der Waals surface area contributed by atoms with Gasteiger partial charge in [0, 0.05) is 24.0 Å². The Kier molecular flexibility index (Phi) is 5.07. The molecule has 0 unspecified atom stereocenters. The van der Waals surface area contributed by atoms with Gasteiger partial charge in [0.25, 0.3) is 5.91 Å². The third kappa shape index (κ3) is 3.41. The highest BCUT2D eigenvalue weighted by Crippen LogP contribution is 2.20. The Hall–Kier alpha value is -2.03. The summed E-state index contributed by atoms with van der Waals surface area (Å²) in [7, 11) is 0.